The van der Waals surface area contributed by atoms with E-state index >= 15 is 0 Å². The van der Waals surface area contributed by atoms with Crippen LogP contribution in [0.5, 0.6) is 0 Å². The second kappa shape index (κ2) is 9.07. The molecule has 1 heterocycles. The third-order valence-corrected chi connectivity index (χ3v) is 5.07. The Hall–Kier alpha value is -2.59. The highest BCUT2D eigenvalue weighted by atomic mass is 35.5. The standard InChI is InChI=1S/C23H26ClN3O/c1-16(2)14-20(19-12-8-5-9-13-19)25-23(28)21-17(3)26-27(22(21)24)15-18-10-6-4-7-11-18/h4-13,16,20H,14-15H2,1-3H3,(H,25,28). The van der Waals surface area contributed by atoms with Crippen LogP contribution in [0.3, 0.4) is 0 Å². The van der Waals surface area contributed by atoms with Gasteiger partial charge in [-0.3, -0.25) is 4.79 Å². The quantitative estimate of drug-likeness (QED) is 0.581. The monoisotopic (exact) mass is 395 g/mol. The Morgan fingerprint density at radius 1 is 1.07 bits per heavy atom. The molecule has 3 aromatic rings. The minimum Gasteiger partial charge on any atom is -0.345 e. The lowest BCUT2D eigenvalue weighted by Crippen LogP contribution is -2.30. The number of carbonyl (C=O) groups excluding carboxylic acids is 1. The van der Waals surface area contributed by atoms with Crippen LogP contribution in [0, 0.1) is 12.8 Å². The van der Waals surface area contributed by atoms with Gasteiger partial charge in [0.05, 0.1) is 23.8 Å². The minimum atomic E-state index is -0.184. The Morgan fingerprint density at radius 3 is 2.29 bits per heavy atom. The second-order valence-electron chi connectivity index (χ2n) is 7.46. The summed E-state index contributed by atoms with van der Waals surface area (Å²) in [5.74, 6) is 0.263. The predicted molar refractivity (Wildman–Crippen MR) is 114 cm³/mol. The molecule has 1 aromatic heterocycles. The Balaban J connectivity index is 1.83. The van der Waals surface area contributed by atoms with Crippen LogP contribution in [-0.2, 0) is 6.54 Å². The number of benzene rings is 2. The zero-order valence-corrected chi connectivity index (χ0v) is 17.3. The van der Waals surface area contributed by atoms with Gasteiger partial charge in [0.15, 0.2) is 0 Å². The molecule has 146 valence electrons. The lowest BCUT2D eigenvalue weighted by Gasteiger charge is -2.21. The summed E-state index contributed by atoms with van der Waals surface area (Å²) in [5, 5.41) is 8.03. The minimum absolute atomic E-state index is 0.0679. The van der Waals surface area contributed by atoms with Crippen LogP contribution in [-0.4, -0.2) is 15.7 Å². The van der Waals surface area contributed by atoms with E-state index in [1.54, 1.807) is 4.68 Å². The first-order valence-electron chi connectivity index (χ1n) is 9.58. The van der Waals surface area contributed by atoms with Crippen LogP contribution in [0.25, 0.3) is 0 Å². The fraction of sp³-hybridized carbons (Fsp3) is 0.304. The van der Waals surface area contributed by atoms with Crippen molar-refractivity contribution in [2.45, 2.75) is 39.8 Å². The first kappa shape index (κ1) is 20.2. The normalized spacial score (nSPS) is 12.2. The molecule has 0 aliphatic rings. The second-order valence-corrected chi connectivity index (χ2v) is 7.82. The highest BCUT2D eigenvalue weighted by molar-refractivity contribution is 6.33. The fourth-order valence-electron chi connectivity index (χ4n) is 3.34. The van der Waals surface area contributed by atoms with Gasteiger partial charge in [-0.05, 0) is 30.4 Å². The van der Waals surface area contributed by atoms with Crippen molar-refractivity contribution in [1.29, 1.82) is 0 Å². The topological polar surface area (TPSA) is 46.9 Å². The summed E-state index contributed by atoms with van der Waals surface area (Å²) in [4.78, 5) is 13.1. The lowest BCUT2D eigenvalue weighted by molar-refractivity contribution is 0.0931. The summed E-state index contributed by atoms with van der Waals surface area (Å²) in [5.41, 5.74) is 3.26. The van der Waals surface area contributed by atoms with Crippen LogP contribution in [0.1, 0.15) is 53.5 Å². The number of hydrogen-bond donors (Lipinski definition) is 1. The molecule has 0 saturated carbocycles. The summed E-state index contributed by atoms with van der Waals surface area (Å²) in [6.45, 7) is 6.65. The molecule has 0 fully saturated rings. The van der Waals surface area contributed by atoms with Crippen molar-refractivity contribution in [3.05, 3.63) is 88.2 Å². The highest BCUT2D eigenvalue weighted by Crippen LogP contribution is 2.25. The summed E-state index contributed by atoms with van der Waals surface area (Å²) < 4.78 is 1.68. The molecule has 0 aliphatic heterocycles. The van der Waals surface area contributed by atoms with Gasteiger partial charge in [-0.2, -0.15) is 5.10 Å². The van der Waals surface area contributed by atoms with E-state index in [9.17, 15) is 4.79 Å². The van der Waals surface area contributed by atoms with Crippen molar-refractivity contribution in [1.82, 2.24) is 15.1 Å². The fourth-order valence-corrected chi connectivity index (χ4v) is 3.66. The van der Waals surface area contributed by atoms with E-state index in [0.717, 1.165) is 17.5 Å². The Bertz CT molecular complexity index is 920. The summed E-state index contributed by atoms with van der Waals surface area (Å²) in [7, 11) is 0. The molecule has 1 amide bonds. The van der Waals surface area contributed by atoms with Crippen LogP contribution >= 0.6 is 11.6 Å². The smallest absolute Gasteiger partial charge is 0.256 e. The van der Waals surface area contributed by atoms with Crippen molar-refractivity contribution in [2.24, 2.45) is 5.92 Å². The third kappa shape index (κ3) is 4.82. The molecule has 0 radical (unpaired) electrons. The molecule has 0 saturated heterocycles. The Morgan fingerprint density at radius 2 is 1.68 bits per heavy atom. The number of halogens is 1. The molecule has 0 aliphatic carbocycles. The van der Waals surface area contributed by atoms with Crippen LogP contribution in [0.15, 0.2) is 60.7 Å². The zero-order chi connectivity index (χ0) is 20.1. The van der Waals surface area contributed by atoms with Crippen molar-refractivity contribution in [3.8, 4) is 0 Å². The van der Waals surface area contributed by atoms with E-state index in [1.807, 2.05) is 67.6 Å². The first-order chi connectivity index (χ1) is 13.5. The average Bonchev–Trinajstić information content (AvgIpc) is 2.95. The average molecular weight is 396 g/mol. The number of aryl methyl sites for hydroxylation is 1. The van der Waals surface area contributed by atoms with Gasteiger partial charge >= 0.3 is 0 Å². The van der Waals surface area contributed by atoms with Crippen molar-refractivity contribution in [3.63, 3.8) is 0 Å². The van der Waals surface area contributed by atoms with E-state index in [4.69, 9.17) is 11.6 Å². The van der Waals surface area contributed by atoms with Crippen molar-refractivity contribution < 1.29 is 4.79 Å². The first-order valence-corrected chi connectivity index (χ1v) is 9.96. The highest BCUT2D eigenvalue weighted by Gasteiger charge is 2.24. The maximum atomic E-state index is 13.1. The van der Waals surface area contributed by atoms with Gasteiger partial charge < -0.3 is 5.32 Å². The SMILES string of the molecule is Cc1nn(Cc2ccccc2)c(Cl)c1C(=O)NC(CC(C)C)c1ccccc1. The van der Waals surface area contributed by atoms with E-state index in [1.165, 1.54) is 0 Å². The number of carbonyl (C=O) groups is 1. The Labute approximate surface area is 171 Å². The Kier molecular flexibility index (Phi) is 6.53. The molecule has 1 atom stereocenters. The molecule has 0 bridgehead atoms. The number of rotatable bonds is 7. The van der Waals surface area contributed by atoms with E-state index in [2.05, 4.69) is 24.3 Å². The molecule has 2 aromatic carbocycles. The molecule has 1 N–H and O–H groups in total. The van der Waals surface area contributed by atoms with Gasteiger partial charge in [0.25, 0.3) is 5.91 Å². The molecule has 3 rings (SSSR count). The maximum Gasteiger partial charge on any atom is 0.256 e. The number of aromatic nitrogens is 2. The lowest BCUT2D eigenvalue weighted by atomic mass is 9.96. The van der Waals surface area contributed by atoms with Gasteiger partial charge in [0.2, 0.25) is 0 Å². The van der Waals surface area contributed by atoms with Crippen molar-refractivity contribution >= 4 is 17.5 Å². The van der Waals surface area contributed by atoms with Gasteiger partial charge in [0.1, 0.15) is 5.15 Å². The number of amides is 1. The van der Waals surface area contributed by atoms with Gasteiger partial charge in [0, 0.05) is 0 Å². The number of nitrogens with zero attached hydrogens (tertiary/aromatic N) is 2. The number of nitrogens with one attached hydrogen (secondary N) is 1. The molecular weight excluding hydrogens is 370 g/mol. The molecule has 1 unspecified atom stereocenters. The molecular formula is C23H26ClN3O. The van der Waals surface area contributed by atoms with Crippen LogP contribution in [0.4, 0.5) is 0 Å². The van der Waals surface area contributed by atoms with Gasteiger partial charge in [-0.25, -0.2) is 4.68 Å². The molecule has 4 nitrogen and oxygen atoms in total. The van der Waals surface area contributed by atoms with Crippen LogP contribution in [0.2, 0.25) is 5.15 Å². The van der Waals surface area contributed by atoms with E-state index in [0.29, 0.717) is 28.9 Å². The third-order valence-electron chi connectivity index (χ3n) is 4.68. The predicted octanol–water partition coefficient (Wildman–Crippen LogP) is 5.41. The molecule has 28 heavy (non-hydrogen) atoms. The number of hydrogen-bond acceptors (Lipinski definition) is 2. The van der Waals surface area contributed by atoms with Crippen LogP contribution < -0.4 is 5.32 Å². The van der Waals surface area contributed by atoms with Gasteiger partial charge in [-0.1, -0.05) is 86.1 Å². The van der Waals surface area contributed by atoms with Crippen molar-refractivity contribution in [2.75, 3.05) is 0 Å². The van der Waals surface area contributed by atoms with Gasteiger partial charge in [-0.15, -0.1) is 0 Å². The molecule has 5 heteroatoms. The zero-order valence-electron chi connectivity index (χ0n) is 16.5. The summed E-state index contributed by atoms with van der Waals surface area (Å²) in [6, 6.07) is 19.9. The van der Waals surface area contributed by atoms with E-state index < -0.39 is 0 Å². The molecule has 0 spiro atoms. The summed E-state index contributed by atoms with van der Waals surface area (Å²) in [6.07, 6.45) is 0.852. The maximum absolute atomic E-state index is 13.1. The van der Waals surface area contributed by atoms with E-state index in [-0.39, 0.29) is 11.9 Å². The summed E-state index contributed by atoms with van der Waals surface area (Å²) >= 11 is 6.55. The largest absolute Gasteiger partial charge is 0.345 e.